The van der Waals surface area contributed by atoms with Crippen LogP contribution in [-0.2, 0) is 0 Å². The summed E-state index contributed by atoms with van der Waals surface area (Å²) >= 11 is 11.9. The zero-order valence-corrected chi connectivity index (χ0v) is 11.7. The zero-order valence-electron chi connectivity index (χ0n) is 10.1. The van der Waals surface area contributed by atoms with Gasteiger partial charge in [-0.1, -0.05) is 35.3 Å². The molecule has 0 amide bonds. The van der Waals surface area contributed by atoms with E-state index in [0.29, 0.717) is 15.7 Å². The lowest BCUT2D eigenvalue weighted by Crippen LogP contribution is -2.12. The van der Waals surface area contributed by atoms with Crippen LogP contribution in [0.15, 0.2) is 30.5 Å². The smallest absolute Gasteiger partial charge is 0.122 e. The van der Waals surface area contributed by atoms with E-state index in [0.717, 1.165) is 5.56 Å². The standard InChI is InChI=1S/C13H14Cl2N2O/c1-8(2)17-12(11(15)7-16-17)13(18)9-3-5-10(14)6-4-9/h3-8,13,18H,1-2H3. The fourth-order valence-corrected chi connectivity index (χ4v) is 2.18. The normalized spacial score (nSPS) is 13.0. The number of hydrogen-bond acceptors (Lipinski definition) is 2. The molecular formula is C13H14Cl2N2O. The van der Waals surface area contributed by atoms with E-state index in [1.165, 1.54) is 0 Å². The lowest BCUT2D eigenvalue weighted by molar-refractivity contribution is 0.205. The summed E-state index contributed by atoms with van der Waals surface area (Å²) in [5.41, 5.74) is 1.35. The Morgan fingerprint density at radius 2 is 1.78 bits per heavy atom. The van der Waals surface area contributed by atoms with Crippen LogP contribution in [-0.4, -0.2) is 14.9 Å². The highest BCUT2D eigenvalue weighted by Gasteiger charge is 2.21. The Bertz CT molecular complexity index is 534. The molecule has 0 aliphatic carbocycles. The van der Waals surface area contributed by atoms with Crippen LogP contribution in [0.3, 0.4) is 0 Å². The van der Waals surface area contributed by atoms with Crippen LogP contribution < -0.4 is 0 Å². The molecule has 2 rings (SSSR count). The van der Waals surface area contributed by atoms with Gasteiger partial charge in [-0.3, -0.25) is 4.68 Å². The number of halogens is 2. The third kappa shape index (κ3) is 2.53. The molecular weight excluding hydrogens is 271 g/mol. The van der Waals surface area contributed by atoms with E-state index in [1.54, 1.807) is 35.1 Å². The van der Waals surface area contributed by atoms with Crippen LogP contribution in [0.2, 0.25) is 10.0 Å². The number of aliphatic hydroxyl groups excluding tert-OH is 1. The summed E-state index contributed by atoms with van der Waals surface area (Å²) < 4.78 is 1.72. The van der Waals surface area contributed by atoms with Crippen molar-refractivity contribution < 1.29 is 5.11 Å². The number of aliphatic hydroxyl groups is 1. The molecule has 2 aromatic rings. The Morgan fingerprint density at radius 3 is 2.33 bits per heavy atom. The van der Waals surface area contributed by atoms with Crippen molar-refractivity contribution in [3.05, 3.63) is 51.8 Å². The average Bonchev–Trinajstić information content (AvgIpc) is 2.71. The van der Waals surface area contributed by atoms with Crippen LogP contribution in [0.4, 0.5) is 0 Å². The quantitative estimate of drug-likeness (QED) is 0.930. The van der Waals surface area contributed by atoms with E-state index in [1.807, 2.05) is 13.8 Å². The van der Waals surface area contributed by atoms with E-state index < -0.39 is 6.10 Å². The monoisotopic (exact) mass is 284 g/mol. The summed E-state index contributed by atoms with van der Waals surface area (Å²) in [5.74, 6) is 0. The average molecular weight is 285 g/mol. The number of benzene rings is 1. The molecule has 0 spiro atoms. The Kier molecular flexibility index (Phi) is 3.95. The summed E-state index contributed by atoms with van der Waals surface area (Å²) in [6.07, 6.45) is 0.746. The Balaban J connectivity index is 2.42. The Labute approximate surface area is 116 Å². The Hall–Kier alpha value is -1.03. The third-order valence-corrected chi connectivity index (χ3v) is 3.26. The van der Waals surface area contributed by atoms with E-state index in [2.05, 4.69) is 5.10 Å². The summed E-state index contributed by atoms with van der Waals surface area (Å²) in [7, 11) is 0. The zero-order chi connectivity index (χ0) is 13.3. The summed E-state index contributed by atoms with van der Waals surface area (Å²) in [4.78, 5) is 0. The molecule has 0 saturated carbocycles. The molecule has 3 nitrogen and oxygen atoms in total. The highest BCUT2D eigenvalue weighted by atomic mass is 35.5. The largest absolute Gasteiger partial charge is 0.382 e. The van der Waals surface area contributed by atoms with Gasteiger partial charge in [0, 0.05) is 11.1 Å². The van der Waals surface area contributed by atoms with Gasteiger partial charge in [0.1, 0.15) is 6.10 Å². The van der Waals surface area contributed by atoms with Gasteiger partial charge in [0.25, 0.3) is 0 Å². The molecule has 0 radical (unpaired) electrons. The third-order valence-electron chi connectivity index (χ3n) is 2.72. The van der Waals surface area contributed by atoms with Crippen LogP contribution in [0.1, 0.15) is 37.3 Å². The first-order chi connectivity index (χ1) is 8.50. The van der Waals surface area contributed by atoms with Gasteiger partial charge in [0.05, 0.1) is 16.9 Å². The van der Waals surface area contributed by atoms with E-state index in [9.17, 15) is 5.11 Å². The second-order valence-electron chi connectivity index (χ2n) is 4.37. The van der Waals surface area contributed by atoms with Crippen molar-refractivity contribution in [1.82, 2.24) is 9.78 Å². The van der Waals surface area contributed by atoms with Crippen LogP contribution >= 0.6 is 23.2 Å². The SMILES string of the molecule is CC(C)n1ncc(Cl)c1C(O)c1ccc(Cl)cc1. The van der Waals surface area contributed by atoms with Gasteiger partial charge in [0.15, 0.2) is 0 Å². The summed E-state index contributed by atoms with van der Waals surface area (Å²) in [5, 5.41) is 15.7. The molecule has 18 heavy (non-hydrogen) atoms. The maximum atomic E-state index is 10.4. The van der Waals surface area contributed by atoms with Crippen molar-refractivity contribution in [2.75, 3.05) is 0 Å². The molecule has 96 valence electrons. The molecule has 5 heteroatoms. The number of nitrogens with zero attached hydrogens (tertiary/aromatic N) is 2. The lowest BCUT2D eigenvalue weighted by atomic mass is 10.1. The molecule has 1 aromatic heterocycles. The first kappa shape index (κ1) is 13.4. The molecule has 1 unspecified atom stereocenters. The number of aromatic nitrogens is 2. The minimum Gasteiger partial charge on any atom is -0.382 e. The van der Waals surface area contributed by atoms with Gasteiger partial charge < -0.3 is 5.11 Å². The number of hydrogen-bond donors (Lipinski definition) is 1. The first-order valence-corrected chi connectivity index (χ1v) is 6.42. The molecule has 0 bridgehead atoms. The Morgan fingerprint density at radius 1 is 1.17 bits per heavy atom. The number of rotatable bonds is 3. The molecule has 0 saturated heterocycles. The maximum absolute atomic E-state index is 10.4. The predicted molar refractivity (Wildman–Crippen MR) is 73.1 cm³/mol. The topological polar surface area (TPSA) is 38.0 Å². The van der Waals surface area contributed by atoms with Gasteiger partial charge >= 0.3 is 0 Å². The molecule has 0 aliphatic heterocycles. The summed E-state index contributed by atoms with van der Waals surface area (Å²) in [6.45, 7) is 3.98. The second kappa shape index (κ2) is 5.31. The van der Waals surface area contributed by atoms with Crippen molar-refractivity contribution in [2.24, 2.45) is 0 Å². The van der Waals surface area contributed by atoms with Crippen LogP contribution in [0.25, 0.3) is 0 Å². The second-order valence-corrected chi connectivity index (χ2v) is 5.21. The summed E-state index contributed by atoms with van der Waals surface area (Å²) in [6, 6.07) is 7.17. The van der Waals surface area contributed by atoms with Crippen molar-refractivity contribution >= 4 is 23.2 Å². The van der Waals surface area contributed by atoms with Crippen LogP contribution in [0, 0.1) is 0 Å². The van der Waals surface area contributed by atoms with Gasteiger partial charge in [-0.15, -0.1) is 0 Å². The van der Waals surface area contributed by atoms with Gasteiger partial charge in [0.2, 0.25) is 0 Å². The van der Waals surface area contributed by atoms with Crippen LogP contribution in [0.5, 0.6) is 0 Å². The van der Waals surface area contributed by atoms with E-state index in [-0.39, 0.29) is 6.04 Å². The molecule has 0 fully saturated rings. The molecule has 1 heterocycles. The molecule has 1 aromatic carbocycles. The highest BCUT2D eigenvalue weighted by molar-refractivity contribution is 6.31. The van der Waals surface area contributed by atoms with E-state index >= 15 is 0 Å². The minimum atomic E-state index is -0.806. The minimum absolute atomic E-state index is 0.134. The van der Waals surface area contributed by atoms with Gasteiger partial charge in [-0.05, 0) is 31.5 Å². The lowest BCUT2D eigenvalue weighted by Gasteiger charge is -2.16. The fourth-order valence-electron chi connectivity index (χ4n) is 1.82. The molecule has 1 atom stereocenters. The molecule has 0 aliphatic rings. The van der Waals surface area contributed by atoms with Gasteiger partial charge in [-0.25, -0.2) is 0 Å². The van der Waals surface area contributed by atoms with Crippen molar-refractivity contribution in [3.63, 3.8) is 0 Å². The van der Waals surface area contributed by atoms with Crippen molar-refractivity contribution in [1.29, 1.82) is 0 Å². The van der Waals surface area contributed by atoms with Crippen molar-refractivity contribution in [3.8, 4) is 0 Å². The highest BCUT2D eigenvalue weighted by Crippen LogP contribution is 2.30. The van der Waals surface area contributed by atoms with Gasteiger partial charge in [-0.2, -0.15) is 5.10 Å². The maximum Gasteiger partial charge on any atom is 0.122 e. The van der Waals surface area contributed by atoms with E-state index in [4.69, 9.17) is 23.2 Å². The van der Waals surface area contributed by atoms with Crippen molar-refractivity contribution in [2.45, 2.75) is 26.0 Å². The predicted octanol–water partition coefficient (Wildman–Crippen LogP) is 3.85. The first-order valence-electron chi connectivity index (χ1n) is 5.67. The molecule has 1 N–H and O–H groups in total. The fraction of sp³-hybridized carbons (Fsp3) is 0.308.